The molecule has 5 rings (SSSR count). The van der Waals surface area contributed by atoms with Crippen molar-refractivity contribution >= 4 is 67.5 Å². The van der Waals surface area contributed by atoms with Gasteiger partial charge < -0.3 is 30.5 Å². The summed E-state index contributed by atoms with van der Waals surface area (Å²) in [4.78, 5) is 13.6. The zero-order valence-electron chi connectivity index (χ0n) is 24.7. The third kappa shape index (κ3) is 7.04. The molecule has 43 heavy (non-hydrogen) atoms. The summed E-state index contributed by atoms with van der Waals surface area (Å²) in [6.45, 7) is 3.65. The fourth-order valence-electron chi connectivity index (χ4n) is 4.68. The fraction of sp³-hybridized carbons (Fsp3) is 0.321. The van der Waals surface area contributed by atoms with Crippen molar-refractivity contribution in [3.05, 3.63) is 60.0 Å². The lowest BCUT2D eigenvalue weighted by atomic mass is 10.1. The highest BCUT2D eigenvalue weighted by atomic mass is 35.5. The second-order valence-electron chi connectivity index (χ2n) is 10.3. The summed E-state index contributed by atoms with van der Waals surface area (Å²) in [5.74, 6) is 1.17. The molecule has 15 heteroatoms. The van der Waals surface area contributed by atoms with E-state index in [-0.39, 0.29) is 11.0 Å². The number of hydrogen-bond acceptors (Lipinski definition) is 11. The number of aromatic nitrogens is 4. The standard InChI is InChI=1S/C28H35ClN10O3S/c1-36-10-12-39(13-11-36)25-15-26(42-4)23(14-22(25)32-19-16-31-37(2)18-19)34-28-30-17-20(29)27(35-28)33-21-8-6-7-9-24(21)38(3)43(5,40)41/h6-9,14-18,32H,10-13H2,1-5H3,(H2,30,33,34,35). The molecule has 0 unspecified atom stereocenters. The van der Waals surface area contributed by atoms with Gasteiger partial charge in [-0.1, -0.05) is 23.7 Å². The van der Waals surface area contributed by atoms with Gasteiger partial charge in [0.2, 0.25) is 16.0 Å². The van der Waals surface area contributed by atoms with Crippen LogP contribution in [0.3, 0.4) is 0 Å². The Morgan fingerprint density at radius 2 is 1.72 bits per heavy atom. The third-order valence-electron chi connectivity index (χ3n) is 7.13. The van der Waals surface area contributed by atoms with E-state index in [0.29, 0.717) is 28.6 Å². The van der Waals surface area contributed by atoms with Crippen molar-refractivity contribution in [3.8, 4) is 5.75 Å². The molecule has 2 aromatic heterocycles. The molecule has 1 aliphatic rings. The van der Waals surface area contributed by atoms with Crippen LogP contribution >= 0.6 is 11.6 Å². The molecule has 1 aliphatic heterocycles. The first kappa shape index (κ1) is 30.2. The van der Waals surface area contributed by atoms with Gasteiger partial charge in [0.15, 0.2) is 5.82 Å². The summed E-state index contributed by atoms with van der Waals surface area (Å²) in [5.41, 5.74) is 4.31. The molecule has 0 bridgehead atoms. The largest absolute Gasteiger partial charge is 0.494 e. The fourth-order valence-corrected chi connectivity index (χ4v) is 5.34. The number of para-hydroxylation sites is 2. The lowest BCUT2D eigenvalue weighted by Gasteiger charge is -2.35. The van der Waals surface area contributed by atoms with Crippen LogP contribution in [0.15, 0.2) is 55.0 Å². The van der Waals surface area contributed by atoms with Gasteiger partial charge in [0.05, 0.1) is 59.9 Å². The number of aryl methyl sites for hydroxylation is 1. The van der Waals surface area contributed by atoms with E-state index >= 15 is 0 Å². The van der Waals surface area contributed by atoms with E-state index in [9.17, 15) is 8.42 Å². The summed E-state index contributed by atoms with van der Waals surface area (Å²) in [6.07, 6.45) is 6.29. The number of halogens is 1. The van der Waals surface area contributed by atoms with E-state index in [4.69, 9.17) is 16.3 Å². The highest BCUT2D eigenvalue weighted by molar-refractivity contribution is 7.92. The predicted molar refractivity (Wildman–Crippen MR) is 172 cm³/mol. The zero-order valence-corrected chi connectivity index (χ0v) is 26.2. The van der Waals surface area contributed by atoms with E-state index in [1.807, 2.05) is 25.4 Å². The van der Waals surface area contributed by atoms with Gasteiger partial charge in [-0.05, 0) is 25.2 Å². The molecule has 0 saturated carbocycles. The van der Waals surface area contributed by atoms with Crippen LogP contribution in [0, 0.1) is 0 Å². The number of anilines is 8. The van der Waals surface area contributed by atoms with Gasteiger partial charge in [0.1, 0.15) is 10.8 Å². The maximum Gasteiger partial charge on any atom is 0.232 e. The zero-order chi connectivity index (χ0) is 30.7. The van der Waals surface area contributed by atoms with Crippen LogP contribution in [0.1, 0.15) is 0 Å². The van der Waals surface area contributed by atoms with Gasteiger partial charge in [-0.15, -0.1) is 0 Å². The lowest BCUT2D eigenvalue weighted by Crippen LogP contribution is -2.44. The lowest BCUT2D eigenvalue weighted by molar-refractivity contribution is 0.313. The number of benzene rings is 2. The minimum absolute atomic E-state index is 0.263. The minimum Gasteiger partial charge on any atom is -0.494 e. The van der Waals surface area contributed by atoms with Crippen LogP contribution in [0.4, 0.5) is 45.9 Å². The van der Waals surface area contributed by atoms with Crippen LogP contribution in [-0.2, 0) is 17.1 Å². The van der Waals surface area contributed by atoms with Crippen molar-refractivity contribution in [1.29, 1.82) is 0 Å². The van der Waals surface area contributed by atoms with E-state index in [2.05, 4.69) is 47.9 Å². The summed E-state index contributed by atoms with van der Waals surface area (Å²) >= 11 is 6.47. The summed E-state index contributed by atoms with van der Waals surface area (Å²) in [7, 11) is 3.60. The van der Waals surface area contributed by atoms with Crippen LogP contribution in [0.5, 0.6) is 5.75 Å². The number of nitrogens with one attached hydrogen (secondary N) is 3. The third-order valence-corrected chi connectivity index (χ3v) is 8.60. The first-order chi connectivity index (χ1) is 20.5. The Kier molecular flexibility index (Phi) is 8.80. The number of sulfonamides is 1. The van der Waals surface area contributed by atoms with E-state index in [1.165, 1.54) is 17.5 Å². The first-order valence-electron chi connectivity index (χ1n) is 13.5. The number of likely N-dealkylation sites (N-methyl/N-ethyl adjacent to an activating group) is 1. The Morgan fingerprint density at radius 3 is 2.40 bits per heavy atom. The van der Waals surface area contributed by atoms with Crippen LogP contribution in [-0.4, -0.2) is 86.7 Å². The van der Waals surface area contributed by atoms with Crippen molar-refractivity contribution in [1.82, 2.24) is 24.6 Å². The van der Waals surface area contributed by atoms with Crippen LogP contribution in [0.25, 0.3) is 0 Å². The van der Waals surface area contributed by atoms with Crippen molar-refractivity contribution in [2.45, 2.75) is 0 Å². The number of piperazine rings is 1. The molecule has 0 aliphatic carbocycles. The normalized spacial score (nSPS) is 14.0. The molecule has 0 atom stereocenters. The Hall–Kier alpha value is -4.27. The molecule has 0 amide bonds. The predicted octanol–water partition coefficient (Wildman–Crippen LogP) is 4.25. The molecule has 0 spiro atoms. The number of hydrogen-bond donors (Lipinski definition) is 3. The molecule has 3 heterocycles. The second kappa shape index (κ2) is 12.5. The van der Waals surface area contributed by atoms with Crippen molar-refractivity contribution < 1.29 is 13.2 Å². The van der Waals surface area contributed by atoms with Gasteiger partial charge in [-0.25, -0.2) is 13.4 Å². The molecule has 1 fully saturated rings. The number of ether oxygens (including phenoxy) is 1. The second-order valence-corrected chi connectivity index (χ2v) is 12.7. The molecule has 13 nitrogen and oxygen atoms in total. The average Bonchev–Trinajstić information content (AvgIpc) is 3.39. The Morgan fingerprint density at radius 1 is 0.977 bits per heavy atom. The quantitative estimate of drug-likeness (QED) is 0.233. The highest BCUT2D eigenvalue weighted by Crippen LogP contribution is 2.40. The van der Waals surface area contributed by atoms with Crippen molar-refractivity contribution in [2.24, 2.45) is 7.05 Å². The Labute approximate surface area is 256 Å². The van der Waals surface area contributed by atoms with E-state index in [1.54, 1.807) is 42.3 Å². The van der Waals surface area contributed by atoms with Crippen LogP contribution < -0.4 is 29.9 Å². The van der Waals surface area contributed by atoms with Crippen molar-refractivity contribution in [3.63, 3.8) is 0 Å². The molecule has 2 aromatic carbocycles. The van der Waals surface area contributed by atoms with Gasteiger partial charge >= 0.3 is 0 Å². The highest BCUT2D eigenvalue weighted by Gasteiger charge is 2.22. The van der Waals surface area contributed by atoms with Gasteiger partial charge in [-0.2, -0.15) is 10.1 Å². The maximum absolute atomic E-state index is 12.2. The average molecular weight is 627 g/mol. The minimum atomic E-state index is -3.49. The molecule has 228 valence electrons. The van der Waals surface area contributed by atoms with Crippen LogP contribution in [0.2, 0.25) is 5.02 Å². The summed E-state index contributed by atoms with van der Waals surface area (Å²) < 4.78 is 33.2. The molecule has 3 N–H and O–H groups in total. The smallest absolute Gasteiger partial charge is 0.232 e. The number of nitrogens with zero attached hydrogens (tertiary/aromatic N) is 7. The topological polar surface area (TPSA) is 133 Å². The monoisotopic (exact) mass is 626 g/mol. The maximum atomic E-state index is 12.2. The van der Waals surface area contributed by atoms with Gasteiger partial charge in [-0.3, -0.25) is 8.99 Å². The Bertz CT molecular complexity index is 1710. The first-order valence-corrected chi connectivity index (χ1v) is 15.7. The molecule has 4 aromatic rings. The molecular formula is C28H35ClN10O3S. The summed E-state index contributed by atoms with van der Waals surface area (Å²) in [6, 6.07) is 11.0. The molecule has 0 radical (unpaired) electrons. The van der Waals surface area contributed by atoms with Gasteiger partial charge in [0, 0.05) is 52.5 Å². The Balaban J connectivity index is 1.48. The van der Waals surface area contributed by atoms with E-state index in [0.717, 1.165) is 49.5 Å². The number of methoxy groups -OCH3 is 1. The summed E-state index contributed by atoms with van der Waals surface area (Å²) in [5, 5.41) is 14.5. The van der Waals surface area contributed by atoms with E-state index < -0.39 is 10.0 Å². The molecule has 1 saturated heterocycles. The SMILES string of the molecule is COc1cc(N2CCN(C)CC2)c(Nc2cnn(C)c2)cc1Nc1ncc(Cl)c(Nc2ccccc2N(C)S(C)(=O)=O)n1. The van der Waals surface area contributed by atoms with Gasteiger partial charge in [0.25, 0.3) is 0 Å². The van der Waals surface area contributed by atoms with Crippen molar-refractivity contribution in [2.75, 3.05) is 78.8 Å². The molecular weight excluding hydrogens is 592 g/mol. The number of rotatable bonds is 10.